The van der Waals surface area contributed by atoms with Gasteiger partial charge < -0.3 is 20.1 Å². The Hall–Kier alpha value is -1.98. The number of ether oxygens (including phenoxy) is 2. The van der Waals surface area contributed by atoms with Crippen molar-refractivity contribution in [1.82, 2.24) is 10.6 Å². The molecule has 6 nitrogen and oxygen atoms in total. The second-order valence-corrected chi connectivity index (χ2v) is 4.37. The molecule has 6 heteroatoms. The SMILES string of the molecule is CCOC(=O)/C=C(\C)NCCCN/C(C)=C/C(=O)OCC. The van der Waals surface area contributed by atoms with Crippen LogP contribution in [0.2, 0.25) is 0 Å². The van der Waals surface area contributed by atoms with Crippen molar-refractivity contribution in [3.05, 3.63) is 23.5 Å². The molecule has 0 amide bonds. The Morgan fingerprint density at radius 2 is 1.24 bits per heavy atom. The van der Waals surface area contributed by atoms with Crippen molar-refractivity contribution in [3.8, 4) is 0 Å². The summed E-state index contributed by atoms with van der Waals surface area (Å²) in [5, 5.41) is 6.23. The molecule has 0 aliphatic carbocycles. The molecular weight excluding hydrogens is 272 g/mol. The molecule has 0 fully saturated rings. The summed E-state index contributed by atoms with van der Waals surface area (Å²) in [5.74, 6) is -0.678. The summed E-state index contributed by atoms with van der Waals surface area (Å²) in [5.41, 5.74) is 1.54. The number of carbonyl (C=O) groups excluding carboxylic acids is 2. The number of hydrogen-bond donors (Lipinski definition) is 2. The standard InChI is InChI=1S/C15H26N2O4/c1-5-20-14(18)10-12(3)16-8-7-9-17-13(4)11-15(19)21-6-2/h10-11,16-17H,5-9H2,1-4H3/b12-10+,13-11+. The van der Waals surface area contributed by atoms with Crippen LogP contribution in [0.15, 0.2) is 23.5 Å². The van der Waals surface area contributed by atoms with Crippen LogP contribution >= 0.6 is 0 Å². The van der Waals surface area contributed by atoms with Crippen LogP contribution in [0, 0.1) is 0 Å². The summed E-state index contributed by atoms with van der Waals surface area (Å²) in [6.45, 7) is 9.37. The normalized spacial score (nSPS) is 11.8. The van der Waals surface area contributed by atoms with Crippen LogP contribution in [-0.2, 0) is 19.1 Å². The van der Waals surface area contributed by atoms with Crippen LogP contribution in [0.5, 0.6) is 0 Å². The number of carbonyl (C=O) groups is 2. The Labute approximate surface area is 126 Å². The Morgan fingerprint density at radius 3 is 1.57 bits per heavy atom. The van der Waals surface area contributed by atoms with Gasteiger partial charge in [0.2, 0.25) is 0 Å². The van der Waals surface area contributed by atoms with Gasteiger partial charge in [-0.05, 0) is 34.1 Å². The first-order valence-electron chi connectivity index (χ1n) is 7.17. The van der Waals surface area contributed by atoms with E-state index in [9.17, 15) is 9.59 Å². The summed E-state index contributed by atoms with van der Waals surface area (Å²) in [7, 11) is 0. The van der Waals surface area contributed by atoms with Crippen molar-refractivity contribution < 1.29 is 19.1 Å². The van der Waals surface area contributed by atoms with Gasteiger partial charge in [-0.1, -0.05) is 0 Å². The predicted molar refractivity (Wildman–Crippen MR) is 81.4 cm³/mol. The molecule has 0 rings (SSSR count). The van der Waals surface area contributed by atoms with E-state index in [1.165, 1.54) is 12.2 Å². The maximum Gasteiger partial charge on any atom is 0.332 e. The van der Waals surface area contributed by atoms with Gasteiger partial charge in [-0.15, -0.1) is 0 Å². The zero-order chi connectivity index (χ0) is 16.1. The van der Waals surface area contributed by atoms with Gasteiger partial charge in [0.15, 0.2) is 0 Å². The highest BCUT2D eigenvalue weighted by molar-refractivity contribution is 5.82. The average Bonchev–Trinajstić information content (AvgIpc) is 2.38. The highest BCUT2D eigenvalue weighted by Crippen LogP contribution is 1.92. The molecule has 0 bridgehead atoms. The van der Waals surface area contributed by atoms with E-state index in [1.54, 1.807) is 13.8 Å². The fourth-order valence-corrected chi connectivity index (χ4v) is 1.48. The van der Waals surface area contributed by atoms with Crippen molar-refractivity contribution in [3.63, 3.8) is 0 Å². The van der Waals surface area contributed by atoms with E-state index in [-0.39, 0.29) is 11.9 Å². The number of rotatable bonds is 10. The summed E-state index contributed by atoms with van der Waals surface area (Å²) >= 11 is 0. The molecule has 0 atom stereocenters. The fraction of sp³-hybridized carbons (Fsp3) is 0.600. The molecule has 0 aromatic rings. The van der Waals surface area contributed by atoms with Crippen molar-refractivity contribution in [1.29, 1.82) is 0 Å². The third-order valence-electron chi connectivity index (χ3n) is 2.40. The third kappa shape index (κ3) is 11.5. The summed E-state index contributed by atoms with van der Waals surface area (Å²) in [6.07, 6.45) is 3.72. The zero-order valence-corrected chi connectivity index (χ0v) is 13.3. The van der Waals surface area contributed by atoms with Crippen LogP contribution < -0.4 is 10.6 Å². The molecule has 2 N–H and O–H groups in total. The smallest absolute Gasteiger partial charge is 0.332 e. The van der Waals surface area contributed by atoms with E-state index in [2.05, 4.69) is 10.6 Å². The molecule has 0 aliphatic rings. The van der Waals surface area contributed by atoms with Crippen molar-refractivity contribution >= 4 is 11.9 Å². The van der Waals surface area contributed by atoms with E-state index in [0.717, 1.165) is 30.9 Å². The average molecular weight is 298 g/mol. The van der Waals surface area contributed by atoms with Crippen LogP contribution in [0.4, 0.5) is 0 Å². The van der Waals surface area contributed by atoms with Crippen LogP contribution in [0.25, 0.3) is 0 Å². The van der Waals surface area contributed by atoms with Crippen molar-refractivity contribution in [2.24, 2.45) is 0 Å². The molecule has 0 aliphatic heterocycles. The molecule has 0 heterocycles. The predicted octanol–water partition coefficient (Wildman–Crippen LogP) is 1.49. The summed E-state index contributed by atoms with van der Waals surface area (Å²) in [6, 6.07) is 0. The summed E-state index contributed by atoms with van der Waals surface area (Å²) < 4.78 is 9.62. The van der Waals surface area contributed by atoms with Crippen molar-refractivity contribution in [2.75, 3.05) is 26.3 Å². The van der Waals surface area contributed by atoms with Crippen molar-refractivity contribution in [2.45, 2.75) is 34.1 Å². The number of allylic oxidation sites excluding steroid dienone is 2. The minimum atomic E-state index is -0.339. The lowest BCUT2D eigenvalue weighted by Crippen LogP contribution is -2.21. The number of hydrogen-bond acceptors (Lipinski definition) is 6. The number of esters is 2. The third-order valence-corrected chi connectivity index (χ3v) is 2.40. The molecule has 0 unspecified atom stereocenters. The monoisotopic (exact) mass is 298 g/mol. The van der Waals surface area contributed by atoms with E-state index in [1.807, 2.05) is 13.8 Å². The van der Waals surface area contributed by atoms with Gasteiger partial charge in [0, 0.05) is 36.6 Å². The lowest BCUT2D eigenvalue weighted by atomic mass is 10.3. The first-order chi connectivity index (χ1) is 9.99. The Balaban J connectivity index is 3.81. The Bertz CT molecular complexity index is 353. The van der Waals surface area contributed by atoms with Crippen LogP contribution in [-0.4, -0.2) is 38.2 Å². The Kier molecular flexibility index (Phi) is 10.7. The quantitative estimate of drug-likeness (QED) is 0.361. The van der Waals surface area contributed by atoms with Gasteiger partial charge >= 0.3 is 11.9 Å². The topological polar surface area (TPSA) is 76.7 Å². The minimum absolute atomic E-state index is 0.339. The largest absolute Gasteiger partial charge is 0.463 e. The van der Waals surface area contributed by atoms with E-state index >= 15 is 0 Å². The highest BCUT2D eigenvalue weighted by atomic mass is 16.5. The van der Waals surface area contributed by atoms with Gasteiger partial charge in [0.1, 0.15) is 0 Å². The van der Waals surface area contributed by atoms with Gasteiger partial charge in [0.25, 0.3) is 0 Å². The van der Waals surface area contributed by atoms with E-state index in [4.69, 9.17) is 9.47 Å². The minimum Gasteiger partial charge on any atom is -0.463 e. The van der Waals surface area contributed by atoms with Crippen LogP contribution in [0.3, 0.4) is 0 Å². The van der Waals surface area contributed by atoms with E-state index < -0.39 is 0 Å². The molecule has 0 aromatic heterocycles. The first kappa shape index (κ1) is 19.0. The molecule has 0 aromatic carbocycles. The van der Waals surface area contributed by atoms with Gasteiger partial charge in [-0.25, -0.2) is 9.59 Å². The molecular formula is C15H26N2O4. The second kappa shape index (κ2) is 11.8. The second-order valence-electron chi connectivity index (χ2n) is 4.37. The molecule has 120 valence electrons. The number of nitrogens with one attached hydrogen (secondary N) is 2. The molecule has 0 saturated carbocycles. The molecule has 0 spiro atoms. The molecule has 21 heavy (non-hydrogen) atoms. The summed E-state index contributed by atoms with van der Waals surface area (Å²) in [4.78, 5) is 22.4. The molecule has 0 saturated heterocycles. The van der Waals surface area contributed by atoms with Gasteiger partial charge in [0.05, 0.1) is 13.2 Å². The lowest BCUT2D eigenvalue weighted by molar-refractivity contribution is -0.138. The molecule has 0 radical (unpaired) electrons. The lowest BCUT2D eigenvalue weighted by Gasteiger charge is -2.08. The zero-order valence-electron chi connectivity index (χ0n) is 13.3. The van der Waals surface area contributed by atoms with Gasteiger partial charge in [-0.3, -0.25) is 0 Å². The maximum absolute atomic E-state index is 11.2. The first-order valence-corrected chi connectivity index (χ1v) is 7.17. The fourth-order valence-electron chi connectivity index (χ4n) is 1.48. The maximum atomic E-state index is 11.2. The van der Waals surface area contributed by atoms with Gasteiger partial charge in [-0.2, -0.15) is 0 Å². The van der Waals surface area contributed by atoms with Crippen LogP contribution in [0.1, 0.15) is 34.1 Å². The highest BCUT2D eigenvalue weighted by Gasteiger charge is 1.99. The Morgan fingerprint density at radius 1 is 0.857 bits per heavy atom. The van der Waals surface area contributed by atoms with E-state index in [0.29, 0.717) is 13.2 Å².